The summed E-state index contributed by atoms with van der Waals surface area (Å²) in [5, 5.41) is 7.96. The van der Waals surface area contributed by atoms with Gasteiger partial charge in [0.1, 0.15) is 17.0 Å². The van der Waals surface area contributed by atoms with Crippen molar-refractivity contribution in [3.8, 4) is 5.69 Å². The molecule has 1 aliphatic rings. The number of hydrogen-bond donors (Lipinski definition) is 1. The van der Waals surface area contributed by atoms with Crippen LogP contribution in [0.3, 0.4) is 0 Å². The summed E-state index contributed by atoms with van der Waals surface area (Å²) < 4.78 is 21.5. The molecule has 1 N–H and O–H groups in total. The van der Waals surface area contributed by atoms with Gasteiger partial charge in [-0.3, -0.25) is 14.2 Å². The molecule has 0 aliphatic carbocycles. The number of nitrogens with zero attached hydrogens (tertiary/aromatic N) is 4. The summed E-state index contributed by atoms with van der Waals surface area (Å²) in [7, 11) is 0. The van der Waals surface area contributed by atoms with Crippen LogP contribution in [0.4, 0.5) is 4.39 Å². The Morgan fingerprint density at radius 2 is 2.13 bits per heavy atom. The molecule has 0 fully saturated rings. The number of halogens is 1. The summed E-state index contributed by atoms with van der Waals surface area (Å²) in [5.41, 5.74) is 0.783. The van der Waals surface area contributed by atoms with Gasteiger partial charge in [0.25, 0.3) is 5.56 Å². The van der Waals surface area contributed by atoms with Crippen molar-refractivity contribution >= 4 is 28.7 Å². The highest BCUT2D eigenvalue weighted by Gasteiger charge is 2.29. The first-order chi connectivity index (χ1) is 14.6. The molecule has 1 amide bonds. The monoisotopic (exact) mass is 425 g/mol. The van der Waals surface area contributed by atoms with Crippen LogP contribution in [0.1, 0.15) is 18.2 Å². The number of amides is 1. The van der Waals surface area contributed by atoms with Crippen LogP contribution in [-0.4, -0.2) is 31.0 Å². The number of thioether (sulfide) groups is 1. The number of fused-ring (bicyclic) bond motifs is 2. The maximum atomic E-state index is 13.2. The number of carbonyl (C=O) groups excluding carboxylic acids is 1. The lowest BCUT2D eigenvalue weighted by atomic mass is 10.2. The Morgan fingerprint density at radius 1 is 1.30 bits per heavy atom. The van der Waals surface area contributed by atoms with E-state index in [9.17, 15) is 14.0 Å². The number of aromatic nitrogens is 4. The van der Waals surface area contributed by atoms with Crippen molar-refractivity contribution < 1.29 is 13.6 Å². The molecule has 0 saturated heterocycles. The predicted octanol–water partition coefficient (Wildman–Crippen LogP) is 2.67. The first-order valence-corrected chi connectivity index (χ1v) is 10.3. The number of carbonyl (C=O) groups is 1. The lowest BCUT2D eigenvalue weighted by molar-refractivity contribution is -0.122. The summed E-state index contributed by atoms with van der Waals surface area (Å²) >= 11 is 1.42. The fraction of sp³-hybridized carbons (Fsp3) is 0.200. The molecule has 1 aromatic carbocycles. The van der Waals surface area contributed by atoms with E-state index in [1.165, 1.54) is 34.8 Å². The number of hydrogen-bond acceptors (Lipinski definition) is 6. The normalized spacial score (nSPS) is 15.4. The van der Waals surface area contributed by atoms with Crippen LogP contribution in [0.25, 0.3) is 16.7 Å². The Bertz CT molecular complexity index is 1280. The highest BCUT2D eigenvalue weighted by atomic mass is 32.2. The Kier molecular flexibility index (Phi) is 4.62. The van der Waals surface area contributed by atoms with Gasteiger partial charge in [0.2, 0.25) is 5.91 Å². The molecule has 4 aromatic rings. The van der Waals surface area contributed by atoms with E-state index in [2.05, 4.69) is 15.4 Å². The zero-order chi connectivity index (χ0) is 20.7. The minimum Gasteiger partial charge on any atom is -0.467 e. The van der Waals surface area contributed by atoms with Gasteiger partial charge in [0.05, 0.1) is 30.7 Å². The quantitative estimate of drug-likeness (QED) is 0.494. The highest BCUT2D eigenvalue weighted by molar-refractivity contribution is 7.99. The summed E-state index contributed by atoms with van der Waals surface area (Å²) in [4.78, 5) is 30.1. The van der Waals surface area contributed by atoms with Gasteiger partial charge in [-0.25, -0.2) is 14.1 Å². The van der Waals surface area contributed by atoms with Crippen LogP contribution >= 0.6 is 11.8 Å². The first-order valence-electron chi connectivity index (χ1n) is 9.28. The van der Waals surface area contributed by atoms with Gasteiger partial charge in [-0.1, -0.05) is 11.8 Å². The topological polar surface area (TPSA) is 95.0 Å². The first kappa shape index (κ1) is 18.6. The van der Waals surface area contributed by atoms with Gasteiger partial charge >= 0.3 is 0 Å². The van der Waals surface area contributed by atoms with Crippen molar-refractivity contribution in [2.75, 3.05) is 5.75 Å². The smallest absolute Gasteiger partial charge is 0.265 e. The molecule has 152 valence electrons. The summed E-state index contributed by atoms with van der Waals surface area (Å²) in [6.07, 6.45) is 3.17. The largest absolute Gasteiger partial charge is 0.467 e. The third kappa shape index (κ3) is 3.28. The molecule has 4 heterocycles. The molecule has 1 atom stereocenters. The van der Waals surface area contributed by atoms with E-state index in [-0.39, 0.29) is 29.7 Å². The minimum absolute atomic E-state index is 0.167. The van der Waals surface area contributed by atoms with Crippen molar-refractivity contribution in [1.29, 1.82) is 0 Å². The molecule has 10 heteroatoms. The second-order valence-corrected chi connectivity index (χ2v) is 7.85. The van der Waals surface area contributed by atoms with Gasteiger partial charge in [0.15, 0.2) is 10.8 Å². The van der Waals surface area contributed by atoms with Gasteiger partial charge < -0.3 is 9.73 Å². The number of benzene rings is 1. The van der Waals surface area contributed by atoms with Crippen LogP contribution < -0.4 is 10.9 Å². The Morgan fingerprint density at radius 3 is 2.90 bits per heavy atom. The van der Waals surface area contributed by atoms with Crippen molar-refractivity contribution in [3.63, 3.8) is 0 Å². The molecule has 0 unspecified atom stereocenters. The van der Waals surface area contributed by atoms with Crippen LogP contribution in [0, 0.1) is 5.82 Å². The van der Waals surface area contributed by atoms with Gasteiger partial charge in [-0.15, -0.1) is 0 Å². The molecular weight excluding hydrogens is 409 g/mol. The molecule has 30 heavy (non-hydrogen) atoms. The molecule has 5 rings (SSSR count). The molecule has 0 saturated carbocycles. The van der Waals surface area contributed by atoms with Crippen LogP contribution in [0.5, 0.6) is 0 Å². The number of furan rings is 1. The lowest BCUT2D eigenvalue weighted by Crippen LogP contribution is -2.30. The van der Waals surface area contributed by atoms with E-state index in [1.807, 2.05) is 0 Å². The molecule has 1 aliphatic heterocycles. The Hall–Kier alpha value is -3.40. The van der Waals surface area contributed by atoms with E-state index >= 15 is 0 Å². The van der Waals surface area contributed by atoms with Gasteiger partial charge in [-0.2, -0.15) is 5.10 Å². The lowest BCUT2D eigenvalue weighted by Gasteiger charge is -2.13. The summed E-state index contributed by atoms with van der Waals surface area (Å²) in [6, 6.07) is 9.06. The predicted molar refractivity (Wildman–Crippen MR) is 108 cm³/mol. The third-order valence-corrected chi connectivity index (χ3v) is 6.00. The summed E-state index contributed by atoms with van der Waals surface area (Å²) in [6.45, 7) is 0.301. The second-order valence-electron chi connectivity index (χ2n) is 6.86. The Balaban J connectivity index is 1.42. The van der Waals surface area contributed by atoms with Crippen molar-refractivity contribution in [3.05, 3.63) is 70.8 Å². The number of nitrogens with one attached hydrogen (secondary N) is 1. The third-order valence-electron chi connectivity index (χ3n) is 4.90. The fourth-order valence-corrected chi connectivity index (χ4v) is 4.57. The molecule has 8 nitrogen and oxygen atoms in total. The maximum absolute atomic E-state index is 13.2. The van der Waals surface area contributed by atoms with E-state index in [1.54, 1.807) is 35.1 Å². The highest BCUT2D eigenvalue weighted by Crippen LogP contribution is 2.33. The van der Waals surface area contributed by atoms with Crippen molar-refractivity contribution in [2.24, 2.45) is 0 Å². The minimum atomic E-state index is -0.354. The molecule has 0 radical (unpaired) electrons. The van der Waals surface area contributed by atoms with Crippen molar-refractivity contribution in [1.82, 2.24) is 24.6 Å². The molecule has 0 bridgehead atoms. The van der Waals surface area contributed by atoms with E-state index in [4.69, 9.17) is 4.42 Å². The summed E-state index contributed by atoms with van der Waals surface area (Å²) in [5.74, 6) is 0.720. The SMILES string of the molecule is O=C(C[C@@H]1CSc2nc3c(cnn3-c3ccc(F)cc3)c(=O)n21)NCc1ccco1. The van der Waals surface area contributed by atoms with Gasteiger partial charge in [0, 0.05) is 12.2 Å². The Labute approximate surface area is 173 Å². The standard InChI is InChI=1S/C20H16FN5O3S/c21-12-3-5-13(6-4-12)26-18-16(10-23-26)19(28)25-14(11-30-20(25)24-18)8-17(27)22-9-15-2-1-7-29-15/h1-7,10,14H,8-9,11H2,(H,22,27)/t14-/m1/s1. The van der Waals surface area contributed by atoms with E-state index in [0.29, 0.717) is 39.9 Å². The van der Waals surface area contributed by atoms with E-state index < -0.39 is 0 Å². The average molecular weight is 425 g/mol. The van der Waals surface area contributed by atoms with E-state index in [0.717, 1.165) is 0 Å². The fourth-order valence-electron chi connectivity index (χ4n) is 3.44. The van der Waals surface area contributed by atoms with Gasteiger partial charge in [-0.05, 0) is 36.4 Å². The maximum Gasteiger partial charge on any atom is 0.265 e. The molecular formula is C20H16FN5O3S. The molecule has 3 aromatic heterocycles. The van der Waals surface area contributed by atoms with Crippen LogP contribution in [0.15, 0.2) is 63.2 Å². The zero-order valence-corrected chi connectivity index (χ0v) is 16.4. The second kappa shape index (κ2) is 7.45. The van der Waals surface area contributed by atoms with Crippen LogP contribution in [-0.2, 0) is 11.3 Å². The molecule has 0 spiro atoms. The average Bonchev–Trinajstić information content (AvgIpc) is 3.48. The van der Waals surface area contributed by atoms with Crippen LogP contribution in [0.2, 0.25) is 0 Å². The number of rotatable bonds is 5. The van der Waals surface area contributed by atoms with Crippen molar-refractivity contribution in [2.45, 2.75) is 24.2 Å². The zero-order valence-electron chi connectivity index (χ0n) is 15.6.